The highest BCUT2D eigenvalue weighted by Crippen LogP contribution is 2.29. The van der Waals surface area contributed by atoms with E-state index >= 15 is 0 Å². The van der Waals surface area contributed by atoms with Crippen molar-refractivity contribution in [2.75, 3.05) is 12.8 Å². The van der Waals surface area contributed by atoms with Crippen LogP contribution in [0.5, 0.6) is 5.75 Å². The maximum atomic E-state index is 12.0. The number of nitrogens with two attached hydrogens (primary N) is 1. The van der Waals surface area contributed by atoms with Crippen LogP contribution in [0.4, 0.5) is 5.69 Å². The summed E-state index contributed by atoms with van der Waals surface area (Å²) in [7, 11) is 1.43. The summed E-state index contributed by atoms with van der Waals surface area (Å²) in [5, 5.41) is 3.96. The number of esters is 1. The van der Waals surface area contributed by atoms with Gasteiger partial charge < -0.3 is 19.7 Å². The fourth-order valence-electron chi connectivity index (χ4n) is 1.60. The number of hydrogen-bond acceptors (Lipinski definition) is 6. The Hall–Kier alpha value is -2.21. The monoisotopic (exact) mass is 296 g/mol. The van der Waals surface area contributed by atoms with Crippen molar-refractivity contribution < 1.29 is 18.8 Å². The average Bonchev–Trinajstić information content (AvgIpc) is 2.84. The molecule has 0 bridgehead atoms. The van der Waals surface area contributed by atoms with E-state index in [1.807, 2.05) is 0 Å². The Morgan fingerprint density at radius 2 is 2.20 bits per heavy atom. The first-order valence-electron chi connectivity index (χ1n) is 5.73. The van der Waals surface area contributed by atoms with E-state index in [4.69, 9.17) is 31.3 Å². The molecule has 1 heterocycles. The molecule has 2 aromatic rings. The SMILES string of the molecule is COc1cc(N)c(Cl)cc1C(=O)OCc1cc(C)no1. The molecule has 0 unspecified atom stereocenters. The fourth-order valence-corrected chi connectivity index (χ4v) is 1.76. The first kappa shape index (κ1) is 14.2. The second-order valence-electron chi connectivity index (χ2n) is 4.08. The van der Waals surface area contributed by atoms with E-state index < -0.39 is 5.97 Å². The third-order valence-corrected chi connectivity index (χ3v) is 2.89. The number of carbonyl (C=O) groups is 1. The van der Waals surface area contributed by atoms with Crippen LogP contribution in [0, 0.1) is 6.92 Å². The molecule has 0 saturated carbocycles. The lowest BCUT2D eigenvalue weighted by atomic mass is 10.2. The molecule has 6 nitrogen and oxygen atoms in total. The molecule has 0 fully saturated rings. The topological polar surface area (TPSA) is 87.6 Å². The van der Waals surface area contributed by atoms with Crippen LogP contribution in [-0.2, 0) is 11.3 Å². The normalized spacial score (nSPS) is 10.3. The molecule has 0 aliphatic rings. The summed E-state index contributed by atoms with van der Waals surface area (Å²) in [6, 6.07) is 4.56. The average molecular weight is 297 g/mol. The van der Waals surface area contributed by atoms with E-state index in [1.165, 1.54) is 19.2 Å². The van der Waals surface area contributed by atoms with Crippen LogP contribution in [-0.4, -0.2) is 18.2 Å². The Balaban J connectivity index is 2.14. The van der Waals surface area contributed by atoms with Gasteiger partial charge in [0.25, 0.3) is 0 Å². The highest BCUT2D eigenvalue weighted by molar-refractivity contribution is 6.33. The quantitative estimate of drug-likeness (QED) is 0.689. The number of aromatic nitrogens is 1. The van der Waals surface area contributed by atoms with Crippen LogP contribution in [0.25, 0.3) is 0 Å². The summed E-state index contributed by atoms with van der Waals surface area (Å²) in [5.74, 6) is 0.166. The van der Waals surface area contributed by atoms with Gasteiger partial charge in [0.1, 0.15) is 11.3 Å². The van der Waals surface area contributed by atoms with Gasteiger partial charge >= 0.3 is 5.97 Å². The van der Waals surface area contributed by atoms with Gasteiger partial charge in [-0.3, -0.25) is 0 Å². The summed E-state index contributed by atoms with van der Waals surface area (Å²) >= 11 is 5.89. The third kappa shape index (κ3) is 3.03. The van der Waals surface area contributed by atoms with Gasteiger partial charge in [-0.25, -0.2) is 4.79 Å². The highest BCUT2D eigenvalue weighted by Gasteiger charge is 2.17. The minimum absolute atomic E-state index is 0.0230. The Labute approximate surface area is 120 Å². The van der Waals surface area contributed by atoms with Gasteiger partial charge in [0, 0.05) is 12.1 Å². The van der Waals surface area contributed by atoms with Crippen LogP contribution >= 0.6 is 11.6 Å². The Bertz CT molecular complexity index is 639. The lowest BCUT2D eigenvalue weighted by Crippen LogP contribution is -2.07. The summed E-state index contributed by atoms with van der Waals surface area (Å²) in [4.78, 5) is 12.0. The number of methoxy groups -OCH3 is 1. The minimum Gasteiger partial charge on any atom is -0.496 e. The number of aryl methyl sites for hydroxylation is 1. The Morgan fingerprint density at radius 3 is 2.80 bits per heavy atom. The number of anilines is 1. The van der Waals surface area contributed by atoms with E-state index in [1.54, 1.807) is 13.0 Å². The first-order chi connectivity index (χ1) is 9.51. The van der Waals surface area contributed by atoms with Crippen molar-refractivity contribution in [1.82, 2.24) is 5.16 Å². The summed E-state index contributed by atoms with van der Waals surface area (Å²) in [6.45, 7) is 1.75. The zero-order valence-electron chi connectivity index (χ0n) is 11.0. The van der Waals surface area contributed by atoms with Crippen molar-refractivity contribution in [1.29, 1.82) is 0 Å². The lowest BCUT2D eigenvalue weighted by Gasteiger charge is -2.09. The molecule has 0 radical (unpaired) electrons. The lowest BCUT2D eigenvalue weighted by molar-refractivity contribution is 0.0434. The van der Waals surface area contributed by atoms with Crippen LogP contribution in [0.2, 0.25) is 5.02 Å². The molecule has 0 amide bonds. The predicted molar refractivity (Wildman–Crippen MR) is 72.8 cm³/mol. The molecular formula is C13H13ClN2O4. The van der Waals surface area contributed by atoms with Crippen LogP contribution < -0.4 is 10.5 Å². The molecule has 0 aliphatic heterocycles. The number of carbonyl (C=O) groups excluding carboxylic acids is 1. The highest BCUT2D eigenvalue weighted by atomic mass is 35.5. The van der Waals surface area contributed by atoms with E-state index in [0.717, 1.165) is 0 Å². The number of benzene rings is 1. The molecule has 1 aromatic heterocycles. The van der Waals surface area contributed by atoms with Crippen molar-refractivity contribution in [2.45, 2.75) is 13.5 Å². The van der Waals surface area contributed by atoms with Crippen LogP contribution in [0.1, 0.15) is 21.8 Å². The number of halogens is 1. The van der Waals surface area contributed by atoms with Gasteiger partial charge in [0.05, 0.1) is 23.5 Å². The van der Waals surface area contributed by atoms with E-state index in [-0.39, 0.29) is 17.2 Å². The minimum atomic E-state index is -0.585. The second kappa shape index (κ2) is 5.83. The van der Waals surface area contributed by atoms with Crippen molar-refractivity contribution in [3.8, 4) is 5.75 Å². The molecule has 1 aromatic carbocycles. The molecule has 2 N–H and O–H groups in total. The largest absolute Gasteiger partial charge is 0.496 e. The number of nitrogen functional groups attached to an aromatic ring is 1. The Kier molecular flexibility index (Phi) is 4.14. The van der Waals surface area contributed by atoms with Gasteiger partial charge in [-0.05, 0) is 13.0 Å². The zero-order valence-corrected chi connectivity index (χ0v) is 11.7. The van der Waals surface area contributed by atoms with Crippen molar-refractivity contribution in [3.05, 3.63) is 40.2 Å². The van der Waals surface area contributed by atoms with Crippen LogP contribution in [0.3, 0.4) is 0 Å². The number of rotatable bonds is 4. The zero-order chi connectivity index (χ0) is 14.7. The molecule has 7 heteroatoms. The van der Waals surface area contributed by atoms with Gasteiger partial charge in [-0.15, -0.1) is 0 Å². The standard InChI is InChI=1S/C13H13ClN2O4/c1-7-3-8(20-16-7)6-19-13(17)9-4-10(14)11(15)5-12(9)18-2/h3-5H,6,15H2,1-2H3. The van der Waals surface area contributed by atoms with Crippen LogP contribution in [0.15, 0.2) is 22.7 Å². The molecule has 0 aliphatic carbocycles. The smallest absolute Gasteiger partial charge is 0.342 e. The van der Waals surface area contributed by atoms with Crippen molar-refractivity contribution >= 4 is 23.3 Å². The van der Waals surface area contributed by atoms with E-state index in [9.17, 15) is 4.79 Å². The molecule has 20 heavy (non-hydrogen) atoms. The fraction of sp³-hybridized carbons (Fsp3) is 0.231. The first-order valence-corrected chi connectivity index (χ1v) is 6.11. The molecule has 0 atom stereocenters. The maximum absolute atomic E-state index is 12.0. The summed E-state index contributed by atoms with van der Waals surface area (Å²) < 4.78 is 15.1. The van der Waals surface area contributed by atoms with E-state index in [0.29, 0.717) is 22.9 Å². The van der Waals surface area contributed by atoms with E-state index in [2.05, 4.69) is 5.16 Å². The summed E-state index contributed by atoms with van der Waals surface area (Å²) in [6.07, 6.45) is 0. The molecule has 0 saturated heterocycles. The maximum Gasteiger partial charge on any atom is 0.342 e. The van der Waals surface area contributed by atoms with Crippen molar-refractivity contribution in [2.24, 2.45) is 0 Å². The molecule has 106 valence electrons. The number of hydrogen-bond donors (Lipinski definition) is 1. The summed E-state index contributed by atoms with van der Waals surface area (Å²) in [5.41, 5.74) is 6.88. The van der Waals surface area contributed by atoms with Crippen molar-refractivity contribution in [3.63, 3.8) is 0 Å². The molecule has 2 rings (SSSR count). The van der Waals surface area contributed by atoms with Gasteiger partial charge in [0.15, 0.2) is 12.4 Å². The van der Waals surface area contributed by atoms with Gasteiger partial charge in [0.2, 0.25) is 0 Å². The number of ether oxygens (including phenoxy) is 2. The number of nitrogens with zero attached hydrogens (tertiary/aromatic N) is 1. The molecular weight excluding hydrogens is 284 g/mol. The predicted octanol–water partition coefficient (Wildman–Crippen LogP) is 2.58. The van der Waals surface area contributed by atoms with Gasteiger partial charge in [-0.1, -0.05) is 16.8 Å². The van der Waals surface area contributed by atoms with Gasteiger partial charge in [-0.2, -0.15) is 0 Å². The molecule has 0 spiro atoms. The second-order valence-corrected chi connectivity index (χ2v) is 4.49. The Morgan fingerprint density at radius 1 is 1.45 bits per heavy atom. The third-order valence-electron chi connectivity index (χ3n) is 2.56.